The molecule has 1 aromatic rings. The topological polar surface area (TPSA) is 87.5 Å². The second-order valence-corrected chi connectivity index (χ2v) is 5.51. The number of hydrogen-bond acceptors (Lipinski definition) is 4. The van der Waals surface area contributed by atoms with Gasteiger partial charge in [0.25, 0.3) is 10.1 Å². The van der Waals surface area contributed by atoms with Crippen LogP contribution in [0.1, 0.15) is 11.1 Å². The molecule has 1 heterocycles. The van der Waals surface area contributed by atoms with Gasteiger partial charge in [0.15, 0.2) is 0 Å². The summed E-state index contributed by atoms with van der Waals surface area (Å²) in [7, 11) is -4.55. The molecule has 0 radical (unpaired) electrons. The monoisotopic (exact) mass is 345 g/mol. The quantitative estimate of drug-likeness (QED) is 0.625. The Morgan fingerprint density at radius 2 is 1.93 bits per heavy atom. The summed E-state index contributed by atoms with van der Waals surface area (Å²) in [6.45, 7) is 0. The summed E-state index contributed by atoms with van der Waals surface area (Å²) in [5, 5.41) is 9.21. The summed E-state index contributed by atoms with van der Waals surface area (Å²) in [5.41, 5.74) is -2.21. The largest absolute Gasteiger partial charge is 0.370 e. The van der Waals surface area contributed by atoms with Crippen LogP contribution in [-0.4, -0.2) is 23.1 Å². The lowest BCUT2D eigenvalue weighted by Crippen LogP contribution is -2.13. The maximum Gasteiger partial charge on any atom is 0.298 e. The number of nitrogens with zero attached hydrogens (tertiary/aromatic N) is 1. The van der Waals surface area contributed by atoms with Crippen molar-refractivity contribution in [1.82, 2.24) is 4.98 Å². The van der Waals surface area contributed by atoms with Crippen LogP contribution in [0.2, 0.25) is 0 Å². The summed E-state index contributed by atoms with van der Waals surface area (Å²) in [5.74, 6) is 0. The molecule has 78 valence electrons. The van der Waals surface area contributed by atoms with Gasteiger partial charge in [-0.05, 0) is 44.0 Å². The van der Waals surface area contributed by atoms with E-state index in [0.29, 0.717) is 9.08 Å². The number of rotatable bonds is 2. The van der Waals surface area contributed by atoms with E-state index in [4.69, 9.17) is 4.55 Å². The van der Waals surface area contributed by atoms with Gasteiger partial charge in [-0.2, -0.15) is 8.42 Å². The van der Waals surface area contributed by atoms with E-state index in [2.05, 4.69) is 36.8 Å². The molecule has 0 aromatic carbocycles. The van der Waals surface area contributed by atoms with Crippen LogP contribution < -0.4 is 0 Å². The van der Waals surface area contributed by atoms with Gasteiger partial charge in [0.1, 0.15) is 10.3 Å². The van der Waals surface area contributed by atoms with E-state index < -0.39 is 15.6 Å². The highest BCUT2D eigenvalue weighted by Gasteiger charge is 2.25. The molecule has 1 aromatic heterocycles. The molecule has 0 spiro atoms. The number of aromatic nitrogens is 1. The molecule has 1 unspecified atom stereocenters. The van der Waals surface area contributed by atoms with Gasteiger partial charge in [0, 0.05) is 4.47 Å². The summed E-state index contributed by atoms with van der Waals surface area (Å²) in [4.78, 5) is 3.72. The molecule has 0 fully saturated rings. The summed E-state index contributed by atoms with van der Waals surface area (Å²) in [6, 6.07) is 3.06. The van der Waals surface area contributed by atoms with Gasteiger partial charge in [0.2, 0.25) is 5.44 Å². The van der Waals surface area contributed by atoms with E-state index >= 15 is 0 Å². The fraction of sp³-hybridized carbons (Fsp3) is 0.167. The lowest BCUT2D eigenvalue weighted by molar-refractivity contribution is 0.233. The predicted molar refractivity (Wildman–Crippen MR) is 56.1 cm³/mol. The zero-order valence-corrected chi connectivity index (χ0v) is 10.5. The van der Waals surface area contributed by atoms with Crippen LogP contribution in [-0.2, 0) is 10.1 Å². The number of aliphatic hydroxyl groups is 1. The molecule has 8 heteroatoms. The zero-order chi connectivity index (χ0) is 10.9. The Labute approximate surface area is 97.2 Å². The van der Waals surface area contributed by atoms with E-state index in [9.17, 15) is 13.5 Å². The Balaban J connectivity index is 3.26. The van der Waals surface area contributed by atoms with Gasteiger partial charge < -0.3 is 5.11 Å². The fourth-order valence-corrected chi connectivity index (χ4v) is 2.12. The van der Waals surface area contributed by atoms with E-state index in [-0.39, 0.29) is 5.69 Å². The summed E-state index contributed by atoms with van der Waals surface area (Å²) < 4.78 is 30.5. The van der Waals surface area contributed by atoms with Crippen molar-refractivity contribution in [3.8, 4) is 0 Å². The molecule has 0 aliphatic rings. The third kappa shape index (κ3) is 2.74. The van der Waals surface area contributed by atoms with E-state index in [1.807, 2.05) is 0 Å². The minimum atomic E-state index is -4.55. The van der Waals surface area contributed by atoms with E-state index in [1.54, 1.807) is 6.07 Å². The van der Waals surface area contributed by atoms with Gasteiger partial charge >= 0.3 is 0 Å². The molecule has 1 atom stereocenters. The summed E-state index contributed by atoms with van der Waals surface area (Å²) >= 11 is 6.02. The summed E-state index contributed by atoms with van der Waals surface area (Å²) in [6.07, 6.45) is 0. The molecule has 5 nitrogen and oxygen atoms in total. The highest BCUT2D eigenvalue weighted by atomic mass is 79.9. The minimum absolute atomic E-state index is 0.165. The minimum Gasteiger partial charge on any atom is -0.370 e. The molecular formula is C6H5Br2NO4S. The van der Waals surface area contributed by atoms with Gasteiger partial charge in [0.05, 0.1) is 0 Å². The maximum atomic E-state index is 10.6. The van der Waals surface area contributed by atoms with Gasteiger partial charge in [-0.15, -0.1) is 0 Å². The second kappa shape index (κ2) is 4.23. The van der Waals surface area contributed by atoms with Crippen LogP contribution in [0.4, 0.5) is 0 Å². The number of halogens is 2. The number of hydrogen-bond donors (Lipinski definition) is 2. The third-order valence-electron chi connectivity index (χ3n) is 1.36. The highest BCUT2D eigenvalue weighted by Crippen LogP contribution is 2.26. The molecule has 14 heavy (non-hydrogen) atoms. The van der Waals surface area contributed by atoms with Crippen LogP contribution in [0.15, 0.2) is 21.2 Å². The van der Waals surface area contributed by atoms with Crippen molar-refractivity contribution in [2.24, 2.45) is 0 Å². The number of pyridine rings is 1. The van der Waals surface area contributed by atoms with E-state index in [1.165, 1.54) is 6.07 Å². The number of aliphatic hydroxyl groups excluding tert-OH is 1. The first kappa shape index (κ1) is 12.1. The van der Waals surface area contributed by atoms with Crippen molar-refractivity contribution >= 4 is 42.0 Å². The Bertz CT molecular complexity index is 447. The molecule has 0 aliphatic carbocycles. The average Bonchev–Trinajstić information content (AvgIpc) is 2.06. The van der Waals surface area contributed by atoms with Crippen molar-refractivity contribution in [3.63, 3.8) is 0 Å². The predicted octanol–water partition coefficient (Wildman–Crippen LogP) is 1.49. The van der Waals surface area contributed by atoms with Gasteiger partial charge in [-0.3, -0.25) is 4.55 Å². The van der Waals surface area contributed by atoms with Crippen molar-refractivity contribution in [1.29, 1.82) is 0 Å². The average molecular weight is 347 g/mol. The van der Waals surface area contributed by atoms with Crippen LogP contribution in [0.3, 0.4) is 0 Å². The maximum absolute atomic E-state index is 10.6. The Morgan fingerprint density at radius 1 is 1.36 bits per heavy atom. The van der Waals surface area contributed by atoms with Gasteiger partial charge in [-0.1, -0.05) is 0 Å². The Hall–Kier alpha value is -0.0200. The van der Waals surface area contributed by atoms with Crippen molar-refractivity contribution in [2.75, 3.05) is 0 Å². The lowest BCUT2D eigenvalue weighted by Gasteiger charge is -2.08. The smallest absolute Gasteiger partial charge is 0.298 e. The molecule has 0 saturated carbocycles. The Kier molecular flexibility index (Phi) is 3.64. The van der Waals surface area contributed by atoms with Crippen LogP contribution in [0.25, 0.3) is 0 Å². The van der Waals surface area contributed by atoms with Crippen LogP contribution in [0.5, 0.6) is 0 Å². The Morgan fingerprint density at radius 3 is 2.43 bits per heavy atom. The van der Waals surface area contributed by atoms with Crippen LogP contribution >= 0.6 is 31.9 Å². The molecule has 2 N–H and O–H groups in total. The third-order valence-corrected chi connectivity index (χ3v) is 3.25. The standard InChI is InChI=1S/C6H5Br2NO4S/c7-3-1-2-4(8)9-5(3)6(10)14(11,12)13/h1-2,6,10H,(H,11,12,13). The normalized spacial score (nSPS) is 14.0. The van der Waals surface area contributed by atoms with Gasteiger partial charge in [-0.25, -0.2) is 4.98 Å². The molecule has 0 aliphatic heterocycles. The molecular weight excluding hydrogens is 342 g/mol. The first-order chi connectivity index (χ1) is 6.32. The molecule has 0 amide bonds. The molecule has 0 saturated heterocycles. The first-order valence-electron chi connectivity index (χ1n) is 3.28. The van der Waals surface area contributed by atoms with Crippen molar-refractivity contribution < 1.29 is 18.1 Å². The van der Waals surface area contributed by atoms with Crippen molar-refractivity contribution in [3.05, 3.63) is 26.9 Å². The lowest BCUT2D eigenvalue weighted by atomic mass is 10.4. The second-order valence-electron chi connectivity index (χ2n) is 2.37. The van der Waals surface area contributed by atoms with Crippen molar-refractivity contribution in [2.45, 2.75) is 5.44 Å². The highest BCUT2D eigenvalue weighted by molar-refractivity contribution is 9.11. The fourth-order valence-electron chi connectivity index (χ4n) is 0.747. The first-order valence-corrected chi connectivity index (χ1v) is 6.37. The SMILES string of the molecule is O=S(=O)(O)C(O)c1nc(Br)ccc1Br. The molecule has 0 bridgehead atoms. The van der Waals surface area contributed by atoms with Crippen LogP contribution in [0, 0.1) is 0 Å². The molecule has 1 rings (SSSR count). The zero-order valence-electron chi connectivity index (χ0n) is 6.55. The van der Waals surface area contributed by atoms with E-state index in [0.717, 1.165) is 0 Å².